The van der Waals surface area contributed by atoms with Crippen molar-refractivity contribution in [3.63, 3.8) is 0 Å². The van der Waals surface area contributed by atoms with E-state index in [9.17, 15) is 29.4 Å². The number of carboxylic acids is 1. The number of ether oxygens (including phenoxy) is 1. The maximum absolute atomic E-state index is 13.5. The molecular weight excluding hydrogens is 504 g/mol. The number of carbonyl (C=O) groups excluding carboxylic acids is 3. The van der Waals surface area contributed by atoms with Crippen LogP contribution in [0.3, 0.4) is 0 Å². The number of hydrogen-bond donors (Lipinski definition) is 6. The monoisotopic (exact) mass is 548 g/mol. The first-order chi connectivity index (χ1) is 18.3. The Morgan fingerprint density at radius 1 is 1.05 bits per heavy atom. The Bertz CT molecular complexity index is 971. The van der Waals surface area contributed by atoms with Crippen molar-refractivity contribution in [2.75, 3.05) is 19.8 Å². The number of aromatic hydroxyl groups is 1. The van der Waals surface area contributed by atoms with Gasteiger partial charge in [-0.1, -0.05) is 53.2 Å². The number of carbonyl (C=O) groups is 4. The predicted octanol–water partition coefficient (Wildman–Crippen LogP) is 1.33. The van der Waals surface area contributed by atoms with E-state index in [1.54, 1.807) is 19.1 Å². The Morgan fingerprint density at radius 2 is 1.72 bits per heavy atom. The van der Waals surface area contributed by atoms with Gasteiger partial charge in [-0.05, 0) is 41.9 Å². The zero-order valence-electron chi connectivity index (χ0n) is 23.6. The Morgan fingerprint density at radius 3 is 2.26 bits per heavy atom. The third-order valence-electron chi connectivity index (χ3n) is 6.84. The van der Waals surface area contributed by atoms with Crippen LogP contribution >= 0.6 is 0 Å². The highest BCUT2D eigenvalue weighted by Crippen LogP contribution is 2.22. The van der Waals surface area contributed by atoms with Crippen molar-refractivity contribution < 1.29 is 34.1 Å². The van der Waals surface area contributed by atoms with Gasteiger partial charge in [-0.15, -0.1) is 0 Å². The Labute approximate surface area is 230 Å². The number of amides is 3. The molecule has 0 spiro atoms. The maximum Gasteiger partial charge on any atom is 0.326 e. The molecule has 218 valence electrons. The first-order valence-corrected chi connectivity index (χ1v) is 13.5. The summed E-state index contributed by atoms with van der Waals surface area (Å²) in [6.45, 7) is 10.8. The van der Waals surface area contributed by atoms with E-state index in [4.69, 9.17) is 4.74 Å². The summed E-state index contributed by atoms with van der Waals surface area (Å²) in [7, 11) is 0. The van der Waals surface area contributed by atoms with Crippen LogP contribution in [-0.4, -0.2) is 77.8 Å². The minimum absolute atomic E-state index is 0.0697. The molecule has 2 rings (SSSR count). The molecule has 3 amide bonds. The van der Waals surface area contributed by atoms with Crippen molar-refractivity contribution in [1.82, 2.24) is 21.3 Å². The van der Waals surface area contributed by atoms with Crippen molar-refractivity contribution in [2.24, 2.45) is 11.3 Å². The fourth-order valence-electron chi connectivity index (χ4n) is 4.14. The molecule has 0 unspecified atom stereocenters. The molecule has 6 N–H and O–H groups in total. The summed E-state index contributed by atoms with van der Waals surface area (Å²) < 4.78 is 5.36. The molecular formula is C28H44N4O7. The van der Waals surface area contributed by atoms with Gasteiger partial charge in [0.2, 0.25) is 17.7 Å². The summed E-state index contributed by atoms with van der Waals surface area (Å²) in [4.78, 5) is 51.6. The summed E-state index contributed by atoms with van der Waals surface area (Å²) >= 11 is 0. The maximum atomic E-state index is 13.5. The van der Waals surface area contributed by atoms with E-state index in [2.05, 4.69) is 21.3 Å². The molecule has 1 aliphatic rings. The first kappa shape index (κ1) is 32.0. The summed E-state index contributed by atoms with van der Waals surface area (Å²) in [6, 6.07) is 2.52. The van der Waals surface area contributed by atoms with Crippen LogP contribution in [0, 0.1) is 11.3 Å². The van der Waals surface area contributed by atoms with Crippen LogP contribution in [0.15, 0.2) is 24.3 Å². The lowest BCUT2D eigenvalue weighted by Gasteiger charge is -2.29. The van der Waals surface area contributed by atoms with E-state index in [1.807, 2.05) is 27.7 Å². The lowest BCUT2D eigenvalue weighted by Crippen LogP contribution is -2.60. The Hall–Kier alpha value is -3.18. The van der Waals surface area contributed by atoms with Gasteiger partial charge in [-0.2, -0.15) is 0 Å². The quantitative estimate of drug-likeness (QED) is 0.215. The summed E-state index contributed by atoms with van der Waals surface area (Å²) in [5, 5.41) is 30.5. The van der Waals surface area contributed by atoms with E-state index in [0.717, 1.165) is 0 Å². The Balaban J connectivity index is 2.21. The van der Waals surface area contributed by atoms with Gasteiger partial charge in [0, 0.05) is 13.0 Å². The van der Waals surface area contributed by atoms with Gasteiger partial charge in [0.05, 0.1) is 13.2 Å². The number of morpholine rings is 1. The van der Waals surface area contributed by atoms with Crippen molar-refractivity contribution in [3.05, 3.63) is 29.8 Å². The molecule has 1 aromatic carbocycles. The largest absolute Gasteiger partial charge is 0.508 e. The van der Waals surface area contributed by atoms with Crippen LogP contribution in [0.5, 0.6) is 5.75 Å². The van der Waals surface area contributed by atoms with Gasteiger partial charge in [-0.3, -0.25) is 14.4 Å². The van der Waals surface area contributed by atoms with E-state index >= 15 is 0 Å². The van der Waals surface area contributed by atoms with Gasteiger partial charge in [0.15, 0.2) is 0 Å². The van der Waals surface area contributed by atoms with Crippen molar-refractivity contribution in [2.45, 2.75) is 84.5 Å². The molecule has 0 aliphatic carbocycles. The molecule has 1 fully saturated rings. The molecule has 0 radical (unpaired) electrons. The molecule has 1 aliphatic heterocycles. The number of hydrogen-bond acceptors (Lipinski definition) is 7. The minimum atomic E-state index is -1.14. The Kier molecular flexibility index (Phi) is 12.2. The molecule has 5 atom stereocenters. The molecule has 11 heteroatoms. The topological polar surface area (TPSA) is 166 Å². The zero-order valence-corrected chi connectivity index (χ0v) is 23.6. The molecule has 39 heavy (non-hydrogen) atoms. The predicted molar refractivity (Wildman–Crippen MR) is 146 cm³/mol. The second-order valence-electron chi connectivity index (χ2n) is 11.4. The van der Waals surface area contributed by atoms with Gasteiger partial charge in [0.1, 0.15) is 29.9 Å². The zero-order chi connectivity index (χ0) is 29.2. The highest BCUT2D eigenvalue weighted by molar-refractivity contribution is 5.94. The fraction of sp³-hybridized carbons (Fsp3) is 0.643. The molecule has 1 saturated heterocycles. The normalized spacial score (nSPS) is 18.7. The second-order valence-corrected chi connectivity index (χ2v) is 11.4. The van der Waals surface area contributed by atoms with Gasteiger partial charge < -0.3 is 36.2 Å². The van der Waals surface area contributed by atoms with E-state index in [0.29, 0.717) is 31.6 Å². The third-order valence-corrected chi connectivity index (χ3v) is 6.84. The van der Waals surface area contributed by atoms with Gasteiger partial charge in [0.25, 0.3) is 0 Å². The number of rotatable bonds is 13. The number of carboxylic acid groups (broad SMARTS) is 1. The average Bonchev–Trinajstić information content (AvgIpc) is 2.89. The van der Waals surface area contributed by atoms with Crippen molar-refractivity contribution in [3.8, 4) is 5.75 Å². The highest BCUT2D eigenvalue weighted by Gasteiger charge is 2.33. The van der Waals surface area contributed by atoms with Gasteiger partial charge in [-0.25, -0.2) is 4.79 Å². The molecule has 1 aromatic rings. The van der Waals surface area contributed by atoms with Crippen LogP contribution in [-0.2, 0) is 30.3 Å². The second kappa shape index (κ2) is 14.8. The number of aliphatic carboxylic acids is 1. The van der Waals surface area contributed by atoms with Crippen LogP contribution in [0.1, 0.15) is 59.4 Å². The minimum Gasteiger partial charge on any atom is -0.508 e. The van der Waals surface area contributed by atoms with Crippen LogP contribution < -0.4 is 21.3 Å². The average molecular weight is 549 g/mol. The van der Waals surface area contributed by atoms with Gasteiger partial charge >= 0.3 is 5.97 Å². The smallest absolute Gasteiger partial charge is 0.326 e. The highest BCUT2D eigenvalue weighted by atomic mass is 16.5. The number of phenolic OH excluding ortho intramolecular Hbond substituents is 1. The summed E-state index contributed by atoms with van der Waals surface area (Å²) in [5.74, 6) is -2.94. The number of phenols is 1. The van der Waals surface area contributed by atoms with Crippen molar-refractivity contribution in [1.29, 1.82) is 0 Å². The van der Waals surface area contributed by atoms with Crippen LogP contribution in [0.25, 0.3) is 0 Å². The van der Waals surface area contributed by atoms with E-state index in [-0.39, 0.29) is 36.5 Å². The standard InChI is InChI=1S/C28H44N4O7/c1-6-17(2)23(26(36)30-20(27(37)38)11-12-28(3,4)5)32-24(34)21(15-18-7-9-19(33)10-8-18)31-25(35)22-16-39-14-13-29-22/h7-10,17,20-23,29,33H,6,11-16H2,1-5H3,(H,30,36)(H,31,35)(H,32,34)(H,37,38)/t17-,20-,21-,22-,23-/m0/s1. The summed E-state index contributed by atoms with van der Waals surface area (Å²) in [5.41, 5.74) is 0.583. The lowest BCUT2D eigenvalue weighted by molar-refractivity contribution is -0.143. The molecule has 0 aromatic heterocycles. The van der Waals surface area contributed by atoms with Crippen molar-refractivity contribution >= 4 is 23.7 Å². The molecule has 1 heterocycles. The summed E-state index contributed by atoms with van der Waals surface area (Å²) in [6.07, 6.45) is 1.51. The first-order valence-electron chi connectivity index (χ1n) is 13.5. The van der Waals surface area contributed by atoms with E-state index in [1.165, 1.54) is 12.1 Å². The molecule has 0 saturated carbocycles. The third kappa shape index (κ3) is 10.8. The molecule has 11 nitrogen and oxygen atoms in total. The van der Waals surface area contributed by atoms with Crippen LogP contribution in [0.2, 0.25) is 0 Å². The van der Waals surface area contributed by atoms with E-state index < -0.39 is 47.9 Å². The lowest BCUT2D eigenvalue weighted by atomic mass is 9.88. The number of benzene rings is 1. The number of nitrogens with one attached hydrogen (secondary N) is 4. The SMILES string of the molecule is CC[C@H](C)[C@H](NC(=O)[C@H](Cc1ccc(O)cc1)NC(=O)[C@@H]1COCCN1)C(=O)N[C@@H](CCC(C)(C)C)C(=O)O. The fourth-order valence-corrected chi connectivity index (χ4v) is 4.14. The van der Waals surface area contributed by atoms with Crippen LogP contribution in [0.4, 0.5) is 0 Å². The molecule has 0 bridgehead atoms.